The van der Waals surface area contributed by atoms with E-state index in [4.69, 9.17) is 17.3 Å². The number of primary amides is 1. The fourth-order valence-electron chi connectivity index (χ4n) is 5.51. The number of anilines is 1. The maximum atomic E-state index is 13.5. The van der Waals surface area contributed by atoms with E-state index >= 15 is 0 Å². The van der Waals surface area contributed by atoms with E-state index in [1.54, 1.807) is 20.2 Å². The fourth-order valence-corrected chi connectivity index (χ4v) is 5.58. The highest BCUT2D eigenvalue weighted by molar-refractivity contribution is 6.29. The number of nitrogens with zero attached hydrogens (tertiary/aromatic N) is 1. The monoisotopic (exact) mass is 541 g/mol. The van der Waals surface area contributed by atoms with Crippen LogP contribution in [0.25, 0.3) is 0 Å². The third-order valence-corrected chi connectivity index (χ3v) is 7.23. The number of aliphatic hydroxyl groups is 3. The number of nitrogens with one attached hydrogen (secondary N) is 1. The van der Waals surface area contributed by atoms with Crippen LogP contribution in [0.15, 0.2) is 34.8 Å². The van der Waals surface area contributed by atoms with Crippen molar-refractivity contribution in [2.45, 2.75) is 24.5 Å². The van der Waals surface area contributed by atoms with Gasteiger partial charge in [-0.15, -0.1) is 24.0 Å². The number of Topliss-reactive ketones (excluding diaryl/α,β-unsaturated/α-hetero) is 2. The molecule has 3 aliphatic carbocycles. The quantitative estimate of drug-likeness (QED) is 0.181. The number of phenolic OH excluding ortho intramolecular Hbond substituents is 1. The summed E-state index contributed by atoms with van der Waals surface area (Å²) >= 11 is 5.49. The largest absolute Gasteiger partial charge is 0.510 e. The van der Waals surface area contributed by atoms with E-state index in [0.29, 0.717) is 5.56 Å². The highest BCUT2D eigenvalue weighted by Gasteiger charge is 2.63. The van der Waals surface area contributed by atoms with Crippen molar-refractivity contribution < 1.29 is 39.6 Å². The minimum absolute atomic E-state index is 0. The van der Waals surface area contributed by atoms with Crippen LogP contribution < -0.4 is 11.1 Å². The lowest BCUT2D eigenvalue weighted by Crippen LogP contribution is -2.63. The number of amides is 2. The van der Waals surface area contributed by atoms with Gasteiger partial charge in [-0.3, -0.25) is 24.1 Å². The number of hydrogen-bond donors (Lipinski definition) is 6. The minimum Gasteiger partial charge on any atom is -0.510 e. The molecule has 4 rings (SSSR count). The highest BCUT2D eigenvalue weighted by Crippen LogP contribution is 2.52. The maximum absolute atomic E-state index is 13.5. The van der Waals surface area contributed by atoms with Crippen molar-refractivity contribution in [1.29, 1.82) is 0 Å². The van der Waals surface area contributed by atoms with Crippen LogP contribution in [-0.2, 0) is 20.8 Å². The Labute approximate surface area is 216 Å². The van der Waals surface area contributed by atoms with Gasteiger partial charge in [0.25, 0.3) is 5.91 Å². The highest BCUT2D eigenvalue weighted by atomic mass is 35.5. The number of hydrogen-bond acceptors (Lipinski definition) is 9. The van der Waals surface area contributed by atoms with Crippen LogP contribution in [-0.4, -0.2) is 80.3 Å². The Balaban J connectivity index is 0.00000361. The number of fused-ring (bicyclic) bond motifs is 3. The van der Waals surface area contributed by atoms with Crippen LogP contribution in [0.2, 0.25) is 0 Å². The number of alkyl halides is 1. The molecule has 36 heavy (non-hydrogen) atoms. The number of rotatable bonds is 4. The molecule has 7 N–H and O–H groups in total. The van der Waals surface area contributed by atoms with Gasteiger partial charge in [0.2, 0.25) is 11.7 Å². The summed E-state index contributed by atoms with van der Waals surface area (Å²) in [6, 6.07) is 1.91. The first-order valence-electron chi connectivity index (χ1n) is 10.7. The first-order chi connectivity index (χ1) is 16.4. The minimum atomic E-state index is -2.70. The summed E-state index contributed by atoms with van der Waals surface area (Å²) < 4.78 is 0. The lowest BCUT2D eigenvalue weighted by Gasteiger charge is -2.50. The van der Waals surface area contributed by atoms with Crippen molar-refractivity contribution in [1.82, 2.24) is 4.90 Å². The van der Waals surface area contributed by atoms with Crippen molar-refractivity contribution in [2.75, 3.05) is 25.3 Å². The van der Waals surface area contributed by atoms with Crippen molar-refractivity contribution >= 4 is 53.1 Å². The molecule has 13 heteroatoms. The Bertz CT molecular complexity index is 1260. The van der Waals surface area contributed by atoms with Gasteiger partial charge in [0.15, 0.2) is 17.1 Å². The third-order valence-electron chi connectivity index (χ3n) is 6.99. The molecule has 0 saturated carbocycles. The third kappa shape index (κ3) is 3.74. The van der Waals surface area contributed by atoms with E-state index < -0.39 is 69.7 Å². The second-order valence-corrected chi connectivity index (χ2v) is 9.41. The first-order valence-corrected chi connectivity index (χ1v) is 11.2. The van der Waals surface area contributed by atoms with E-state index in [9.17, 15) is 39.6 Å². The van der Waals surface area contributed by atoms with E-state index in [2.05, 4.69) is 5.32 Å². The fraction of sp³-hybridized carbons (Fsp3) is 0.391. The molecule has 0 bridgehead atoms. The predicted octanol–water partition coefficient (Wildman–Crippen LogP) is 0.720. The van der Waals surface area contributed by atoms with Gasteiger partial charge in [0.1, 0.15) is 23.0 Å². The molecule has 0 radical (unpaired) electrons. The summed E-state index contributed by atoms with van der Waals surface area (Å²) in [5, 5.41) is 46.5. The topological polar surface area (TPSA) is 190 Å². The molecule has 2 unspecified atom stereocenters. The van der Waals surface area contributed by atoms with Crippen molar-refractivity contribution in [3.63, 3.8) is 0 Å². The Hall–Kier alpha value is -3.12. The molecule has 1 aromatic carbocycles. The number of halogens is 2. The van der Waals surface area contributed by atoms with E-state index in [-0.39, 0.29) is 48.0 Å². The molecule has 0 heterocycles. The summed E-state index contributed by atoms with van der Waals surface area (Å²) in [6.07, 6.45) is 0.156. The molecule has 0 aliphatic heterocycles. The van der Waals surface area contributed by atoms with Gasteiger partial charge >= 0.3 is 0 Å². The number of nitrogens with two attached hydrogens (primary N) is 1. The van der Waals surface area contributed by atoms with Crippen LogP contribution in [0.3, 0.4) is 0 Å². The zero-order valence-electron chi connectivity index (χ0n) is 19.2. The molecule has 0 aromatic heterocycles. The van der Waals surface area contributed by atoms with Gasteiger partial charge in [0, 0.05) is 11.5 Å². The average Bonchev–Trinajstić information content (AvgIpc) is 2.77. The second kappa shape index (κ2) is 9.40. The molecule has 11 nitrogen and oxygen atoms in total. The summed E-state index contributed by atoms with van der Waals surface area (Å²) in [4.78, 5) is 51.9. The Kier molecular flexibility index (Phi) is 7.17. The molecular weight excluding hydrogens is 517 g/mol. The number of ketones is 2. The molecule has 3 aliphatic rings. The van der Waals surface area contributed by atoms with Gasteiger partial charge in [-0.05, 0) is 44.5 Å². The van der Waals surface area contributed by atoms with Gasteiger partial charge in [-0.25, -0.2) is 0 Å². The molecule has 1 aromatic rings. The van der Waals surface area contributed by atoms with Crippen LogP contribution in [0, 0.1) is 11.8 Å². The van der Waals surface area contributed by atoms with Crippen molar-refractivity contribution in [2.24, 2.45) is 17.6 Å². The van der Waals surface area contributed by atoms with Gasteiger partial charge in [-0.2, -0.15) is 0 Å². The normalized spacial score (nSPS) is 27.2. The maximum Gasteiger partial charge on any atom is 0.255 e. The van der Waals surface area contributed by atoms with Gasteiger partial charge in [0.05, 0.1) is 17.3 Å². The Morgan fingerprint density at radius 3 is 2.42 bits per heavy atom. The zero-order valence-corrected chi connectivity index (χ0v) is 20.8. The van der Waals surface area contributed by atoms with Crippen LogP contribution >= 0.6 is 24.0 Å². The molecule has 2 amide bonds. The summed E-state index contributed by atoms with van der Waals surface area (Å²) in [7, 11) is 3.12. The number of aliphatic hydroxyl groups excluding tert-OH is 2. The summed E-state index contributed by atoms with van der Waals surface area (Å²) in [6.45, 7) is 0. The number of likely N-dealkylation sites (N-methyl/N-ethyl adjacent to an activating group) is 1. The number of phenols is 1. The van der Waals surface area contributed by atoms with Crippen LogP contribution in [0.5, 0.6) is 5.75 Å². The van der Waals surface area contributed by atoms with Crippen molar-refractivity contribution in [3.8, 4) is 5.75 Å². The molecule has 0 fully saturated rings. The molecular formula is C23H25Cl2N3O8. The summed E-state index contributed by atoms with van der Waals surface area (Å²) in [5.41, 5.74) is 1.62. The van der Waals surface area contributed by atoms with E-state index in [1.807, 2.05) is 0 Å². The Morgan fingerprint density at radius 1 is 1.22 bits per heavy atom. The zero-order chi connectivity index (χ0) is 26.0. The second-order valence-electron chi connectivity index (χ2n) is 9.14. The number of carbonyl (C=O) groups excluding carboxylic acids is 4. The standard InChI is InChI=1S/C23H24ClN3O8.ClH/c1-27(2)16-10-6-9-5-8-3-4-11(26-12(28)7-24)17(29)13(8)18(30)14(9)20(32)23(10,35)21(33)15(19(16)31)22(25)34;/h3-4,9-10,16,29,31-32,35H,5-7H2,1-2H3,(H2,25,34)(H,26,28);1H/t9?,10?,16-,23-;/m0./s1. The number of carbonyl (C=O) groups is 4. The van der Waals surface area contributed by atoms with Gasteiger partial charge < -0.3 is 31.5 Å². The van der Waals surface area contributed by atoms with Crippen LogP contribution in [0.4, 0.5) is 5.69 Å². The van der Waals surface area contributed by atoms with Gasteiger partial charge in [-0.1, -0.05) is 6.07 Å². The lowest BCUT2D eigenvalue weighted by molar-refractivity contribution is -0.148. The number of aromatic hydroxyl groups is 1. The smallest absolute Gasteiger partial charge is 0.255 e. The SMILES string of the molecule is CN(C)[C@@H]1C(O)=C(C(N)=O)C(=O)[C@@]2(O)C(O)=C3C(=O)c4c(ccc(NC(=O)CCl)c4O)CC3CC12.Cl. The molecule has 194 valence electrons. The molecule has 4 atom stereocenters. The lowest BCUT2D eigenvalue weighted by atomic mass is 9.58. The van der Waals surface area contributed by atoms with E-state index in [1.165, 1.54) is 11.0 Å². The number of allylic oxidation sites excluding steroid dienone is 1. The molecule has 0 saturated heterocycles. The molecule has 0 spiro atoms. The average molecular weight is 542 g/mol. The first kappa shape index (κ1) is 27.5. The summed E-state index contributed by atoms with van der Waals surface area (Å²) in [5.74, 6) is -8.32. The number of benzene rings is 1. The predicted molar refractivity (Wildman–Crippen MR) is 130 cm³/mol. The van der Waals surface area contributed by atoms with E-state index in [0.717, 1.165) is 0 Å². The Morgan fingerprint density at radius 2 is 1.86 bits per heavy atom. The van der Waals surface area contributed by atoms with Crippen molar-refractivity contribution in [3.05, 3.63) is 45.9 Å². The van der Waals surface area contributed by atoms with Crippen LogP contribution in [0.1, 0.15) is 22.3 Å².